The van der Waals surface area contributed by atoms with Gasteiger partial charge in [0, 0.05) is 17.3 Å². The molecule has 0 bridgehead atoms. The molecule has 1 aliphatic rings. The van der Waals surface area contributed by atoms with E-state index in [4.69, 9.17) is 11.6 Å². The molecule has 1 fully saturated rings. The number of pyridine rings is 1. The highest BCUT2D eigenvalue weighted by Gasteiger charge is 2.16. The molecule has 0 atom stereocenters. The second-order valence-electron chi connectivity index (χ2n) is 7.24. The number of benzene rings is 1. The minimum Gasteiger partial charge on any atom is -0.349 e. The smallest absolute Gasteiger partial charge is 0.265 e. The van der Waals surface area contributed by atoms with Crippen molar-refractivity contribution in [3.63, 3.8) is 0 Å². The van der Waals surface area contributed by atoms with Crippen LogP contribution in [0, 0.1) is 0 Å². The molecule has 0 saturated heterocycles. The van der Waals surface area contributed by atoms with Crippen LogP contribution in [-0.4, -0.2) is 21.3 Å². The molecule has 0 spiro atoms. The van der Waals surface area contributed by atoms with E-state index < -0.39 is 0 Å². The molecule has 5 nitrogen and oxygen atoms in total. The molecule has 0 aliphatic heterocycles. The monoisotopic (exact) mass is 383 g/mol. The lowest BCUT2D eigenvalue weighted by molar-refractivity contribution is 0.0930. The molecule has 6 heteroatoms. The first-order valence-electron chi connectivity index (χ1n) is 9.54. The Labute approximate surface area is 162 Å². The van der Waals surface area contributed by atoms with Gasteiger partial charge in [-0.3, -0.25) is 14.0 Å². The molecular weight excluding hydrogens is 362 g/mol. The number of carbonyl (C=O) groups excluding carboxylic acids is 1. The average molecular weight is 384 g/mol. The van der Waals surface area contributed by atoms with Crippen molar-refractivity contribution in [2.45, 2.75) is 51.0 Å². The van der Waals surface area contributed by atoms with Crippen molar-refractivity contribution >= 4 is 34.1 Å². The summed E-state index contributed by atoms with van der Waals surface area (Å²) in [5, 5.41) is 4.07. The average Bonchev–Trinajstić information content (AvgIpc) is 2.64. The third-order valence-corrected chi connectivity index (χ3v) is 5.51. The summed E-state index contributed by atoms with van der Waals surface area (Å²) in [5.41, 5.74) is 1.35. The number of rotatable bonds is 2. The van der Waals surface area contributed by atoms with Gasteiger partial charge in [-0.15, -0.1) is 0 Å². The number of nitrogens with one attached hydrogen (secondary N) is 1. The Kier molecular flexibility index (Phi) is 5.12. The lowest BCUT2D eigenvalue weighted by Crippen LogP contribution is -2.35. The minimum absolute atomic E-state index is 0.138. The molecule has 3 aromatic rings. The van der Waals surface area contributed by atoms with E-state index in [1.54, 1.807) is 36.5 Å². The van der Waals surface area contributed by atoms with Gasteiger partial charge in [-0.2, -0.15) is 0 Å². The summed E-state index contributed by atoms with van der Waals surface area (Å²) in [5.74, 6) is -0.138. The van der Waals surface area contributed by atoms with Gasteiger partial charge in [0.05, 0.1) is 16.5 Å². The molecule has 1 saturated carbocycles. The number of fused-ring (bicyclic) bond motifs is 2. The Bertz CT molecular complexity index is 1050. The molecule has 1 amide bonds. The first-order valence-corrected chi connectivity index (χ1v) is 9.92. The highest BCUT2D eigenvalue weighted by molar-refractivity contribution is 6.31. The normalized spacial score (nSPS) is 16.2. The van der Waals surface area contributed by atoms with Crippen molar-refractivity contribution < 1.29 is 4.79 Å². The summed E-state index contributed by atoms with van der Waals surface area (Å²) in [4.78, 5) is 30.0. The maximum absolute atomic E-state index is 12.8. The lowest BCUT2D eigenvalue weighted by Gasteiger charge is -2.21. The number of carbonyl (C=O) groups is 1. The van der Waals surface area contributed by atoms with Gasteiger partial charge in [-0.1, -0.05) is 43.7 Å². The highest BCUT2D eigenvalue weighted by atomic mass is 35.5. The summed E-state index contributed by atoms with van der Waals surface area (Å²) >= 11 is 6.02. The van der Waals surface area contributed by atoms with E-state index >= 15 is 0 Å². The van der Waals surface area contributed by atoms with Crippen molar-refractivity contribution in [3.05, 3.63) is 57.5 Å². The molecule has 2 heterocycles. The maximum atomic E-state index is 12.8. The predicted molar refractivity (Wildman–Crippen MR) is 108 cm³/mol. The van der Waals surface area contributed by atoms with Crippen LogP contribution in [0.15, 0.2) is 41.3 Å². The molecule has 4 rings (SSSR count). The van der Waals surface area contributed by atoms with Crippen molar-refractivity contribution in [3.8, 4) is 0 Å². The van der Waals surface area contributed by atoms with Crippen LogP contribution < -0.4 is 10.9 Å². The molecule has 1 aromatic carbocycles. The van der Waals surface area contributed by atoms with E-state index in [2.05, 4.69) is 10.3 Å². The summed E-state index contributed by atoms with van der Waals surface area (Å²) in [7, 11) is 0. The Hall–Kier alpha value is -2.40. The molecule has 1 N–H and O–H groups in total. The summed E-state index contributed by atoms with van der Waals surface area (Å²) in [6.45, 7) is 0. The Morgan fingerprint density at radius 1 is 1.07 bits per heavy atom. The Morgan fingerprint density at radius 3 is 2.59 bits per heavy atom. The first-order chi connectivity index (χ1) is 13.1. The predicted octanol–water partition coefficient (Wildman–Crippen LogP) is 4.34. The van der Waals surface area contributed by atoms with E-state index in [1.807, 2.05) is 0 Å². The highest BCUT2D eigenvalue weighted by Crippen LogP contribution is 2.18. The summed E-state index contributed by atoms with van der Waals surface area (Å²) < 4.78 is 1.42. The summed E-state index contributed by atoms with van der Waals surface area (Å²) in [6.07, 6.45) is 9.67. The van der Waals surface area contributed by atoms with Crippen LogP contribution in [0.2, 0.25) is 5.02 Å². The van der Waals surface area contributed by atoms with Crippen LogP contribution in [0.4, 0.5) is 0 Å². The van der Waals surface area contributed by atoms with E-state index in [0.717, 1.165) is 25.7 Å². The fourth-order valence-corrected chi connectivity index (χ4v) is 3.95. The van der Waals surface area contributed by atoms with Crippen molar-refractivity contribution in [1.82, 2.24) is 14.7 Å². The van der Waals surface area contributed by atoms with Gasteiger partial charge in [0.1, 0.15) is 5.65 Å². The van der Waals surface area contributed by atoms with Crippen LogP contribution in [0.5, 0.6) is 0 Å². The van der Waals surface area contributed by atoms with Gasteiger partial charge in [0.25, 0.3) is 11.5 Å². The topological polar surface area (TPSA) is 63.5 Å². The zero-order valence-electron chi connectivity index (χ0n) is 15.1. The van der Waals surface area contributed by atoms with E-state index in [9.17, 15) is 9.59 Å². The standard InChI is InChI=1S/C21H22ClN3O2/c22-15-9-10-18-17(12-15)21(27)25-13-14(8-11-19(25)24-18)20(26)23-16-6-4-2-1-3-5-7-16/h8-13,16H,1-7H2,(H,23,26). The molecule has 2 aromatic heterocycles. The number of hydrogen-bond acceptors (Lipinski definition) is 3. The Balaban J connectivity index is 1.65. The molecule has 27 heavy (non-hydrogen) atoms. The number of nitrogens with zero attached hydrogens (tertiary/aromatic N) is 2. The fraction of sp³-hybridized carbons (Fsp3) is 0.381. The molecule has 140 valence electrons. The number of aromatic nitrogens is 2. The minimum atomic E-state index is -0.224. The summed E-state index contributed by atoms with van der Waals surface area (Å²) in [6, 6.07) is 8.70. The molecular formula is C21H22ClN3O2. The second kappa shape index (κ2) is 7.69. The largest absolute Gasteiger partial charge is 0.349 e. The van der Waals surface area contributed by atoms with Crippen molar-refractivity contribution in [2.75, 3.05) is 0 Å². The molecule has 0 radical (unpaired) electrons. The van der Waals surface area contributed by atoms with E-state index in [1.165, 1.54) is 23.7 Å². The Morgan fingerprint density at radius 2 is 1.81 bits per heavy atom. The SMILES string of the molecule is O=C(NC1CCCCCCC1)c1ccc2nc3ccc(Cl)cc3c(=O)n2c1. The van der Waals surface area contributed by atoms with Crippen molar-refractivity contribution in [2.24, 2.45) is 0 Å². The quantitative estimate of drug-likeness (QED) is 0.669. The van der Waals surface area contributed by atoms with Gasteiger partial charge < -0.3 is 5.32 Å². The van der Waals surface area contributed by atoms with Gasteiger partial charge in [0.15, 0.2) is 0 Å². The number of amides is 1. The molecule has 0 unspecified atom stereocenters. The second-order valence-corrected chi connectivity index (χ2v) is 7.68. The molecule has 1 aliphatic carbocycles. The van der Waals surface area contributed by atoms with E-state index in [0.29, 0.717) is 27.1 Å². The van der Waals surface area contributed by atoms with Crippen LogP contribution in [-0.2, 0) is 0 Å². The first kappa shape index (κ1) is 18.0. The fourth-order valence-electron chi connectivity index (χ4n) is 3.78. The van der Waals surface area contributed by atoms with Crippen molar-refractivity contribution in [1.29, 1.82) is 0 Å². The van der Waals surface area contributed by atoms with Gasteiger partial charge in [-0.05, 0) is 43.2 Å². The van der Waals surface area contributed by atoms with E-state index in [-0.39, 0.29) is 17.5 Å². The van der Waals surface area contributed by atoms with Crippen LogP contribution in [0.1, 0.15) is 55.3 Å². The van der Waals surface area contributed by atoms with Gasteiger partial charge >= 0.3 is 0 Å². The van der Waals surface area contributed by atoms with Gasteiger partial charge in [-0.25, -0.2) is 4.98 Å². The maximum Gasteiger partial charge on any atom is 0.265 e. The zero-order chi connectivity index (χ0) is 18.8. The third-order valence-electron chi connectivity index (χ3n) is 5.27. The number of halogens is 1. The van der Waals surface area contributed by atoms with Crippen LogP contribution >= 0.6 is 11.6 Å². The van der Waals surface area contributed by atoms with Crippen LogP contribution in [0.3, 0.4) is 0 Å². The lowest BCUT2D eigenvalue weighted by atomic mass is 9.96. The number of hydrogen-bond donors (Lipinski definition) is 1. The van der Waals surface area contributed by atoms with Crippen LogP contribution in [0.25, 0.3) is 16.6 Å². The third kappa shape index (κ3) is 3.83. The van der Waals surface area contributed by atoms with Gasteiger partial charge in [0.2, 0.25) is 0 Å². The zero-order valence-corrected chi connectivity index (χ0v) is 15.8.